The second-order valence-corrected chi connectivity index (χ2v) is 6.85. The molecule has 0 fully saturated rings. The normalized spacial score (nSPS) is 12.5. The van der Waals surface area contributed by atoms with Gasteiger partial charge in [0.25, 0.3) is 5.91 Å². The van der Waals surface area contributed by atoms with Crippen molar-refractivity contribution < 1.29 is 31.9 Å². The summed E-state index contributed by atoms with van der Waals surface area (Å²) in [6.45, 7) is 3.14. The number of hydrogen-bond acceptors (Lipinski definition) is 5. The Kier molecular flexibility index (Phi) is 7.47. The molecule has 0 aromatic carbocycles. The van der Waals surface area contributed by atoms with Crippen molar-refractivity contribution in [1.29, 1.82) is 0 Å². The number of Topliss-reactive ketones (excluding diaryl/α,β-unsaturated/α-hetero) is 1. The number of alkyl halides is 4. The van der Waals surface area contributed by atoms with Crippen molar-refractivity contribution in [3.63, 3.8) is 0 Å². The minimum atomic E-state index is -4.30. The highest BCUT2D eigenvalue weighted by Gasteiger charge is 2.42. The van der Waals surface area contributed by atoms with E-state index in [0.29, 0.717) is 5.69 Å². The van der Waals surface area contributed by atoms with E-state index in [9.17, 15) is 27.2 Å². The number of nitrogens with zero attached hydrogens (tertiary/aromatic N) is 2. The Balaban J connectivity index is 2.05. The smallest absolute Gasteiger partial charge is 0.340 e. The Morgan fingerprint density at radius 1 is 1.23 bits per heavy atom. The number of ether oxygens (including phenoxy) is 1. The molecule has 0 aliphatic rings. The molecule has 0 spiro atoms. The van der Waals surface area contributed by atoms with Gasteiger partial charge in [-0.1, -0.05) is 0 Å². The van der Waals surface area contributed by atoms with E-state index in [1.165, 1.54) is 19.9 Å². The highest BCUT2D eigenvalue weighted by Crippen LogP contribution is 2.25. The van der Waals surface area contributed by atoms with Crippen LogP contribution in [-0.2, 0) is 11.2 Å². The van der Waals surface area contributed by atoms with Crippen LogP contribution in [0.15, 0.2) is 30.6 Å². The predicted octanol–water partition coefficient (Wildman–Crippen LogP) is 3.69. The van der Waals surface area contributed by atoms with Crippen LogP contribution >= 0.6 is 0 Å². The van der Waals surface area contributed by atoms with Crippen molar-refractivity contribution in [1.82, 2.24) is 15.3 Å². The summed E-state index contributed by atoms with van der Waals surface area (Å²) >= 11 is 0. The van der Waals surface area contributed by atoms with Gasteiger partial charge in [0.15, 0.2) is 6.61 Å². The maximum atomic E-state index is 13.0. The summed E-state index contributed by atoms with van der Waals surface area (Å²) in [6, 6.07) is 4.37. The number of amides is 1. The number of pyridine rings is 2. The van der Waals surface area contributed by atoms with E-state index in [4.69, 9.17) is 0 Å². The zero-order valence-electron chi connectivity index (χ0n) is 16.6. The lowest BCUT2D eigenvalue weighted by Gasteiger charge is -2.17. The molecule has 0 saturated carbocycles. The number of rotatable bonds is 9. The highest BCUT2D eigenvalue weighted by molar-refractivity contribution is 5.94. The third-order valence-electron chi connectivity index (χ3n) is 4.13. The SMILES string of the molecule is CC(=O)Cc1cc(C(C)NC(=O)c2cnc(OCC(F)(F)C(F)F)c(C)c2)ccn1. The molecular formula is C20H21F4N3O3. The first kappa shape index (κ1) is 23.2. The fourth-order valence-electron chi connectivity index (χ4n) is 2.55. The lowest BCUT2D eigenvalue weighted by molar-refractivity contribution is -0.148. The third kappa shape index (κ3) is 6.23. The molecule has 2 aromatic heterocycles. The number of ketones is 1. The molecule has 1 unspecified atom stereocenters. The summed E-state index contributed by atoms with van der Waals surface area (Å²) < 4.78 is 55.1. The Labute approximate surface area is 170 Å². The quantitative estimate of drug-likeness (QED) is 0.618. The molecule has 1 amide bonds. The van der Waals surface area contributed by atoms with E-state index in [-0.39, 0.29) is 29.2 Å². The number of carbonyl (C=O) groups excluding carboxylic acids is 2. The molecule has 1 atom stereocenters. The van der Waals surface area contributed by atoms with Gasteiger partial charge in [-0.15, -0.1) is 0 Å². The number of nitrogens with one attached hydrogen (secondary N) is 1. The minimum Gasteiger partial charge on any atom is -0.471 e. The van der Waals surface area contributed by atoms with Gasteiger partial charge in [-0.3, -0.25) is 14.6 Å². The second-order valence-electron chi connectivity index (χ2n) is 6.85. The highest BCUT2D eigenvalue weighted by atomic mass is 19.3. The van der Waals surface area contributed by atoms with Crippen molar-refractivity contribution in [3.05, 3.63) is 53.0 Å². The molecule has 162 valence electrons. The van der Waals surface area contributed by atoms with Crippen LogP contribution in [0.2, 0.25) is 0 Å². The monoisotopic (exact) mass is 427 g/mol. The van der Waals surface area contributed by atoms with Crippen LogP contribution in [0.3, 0.4) is 0 Å². The maximum absolute atomic E-state index is 13.0. The maximum Gasteiger partial charge on any atom is 0.340 e. The molecule has 2 aromatic rings. The van der Waals surface area contributed by atoms with E-state index in [0.717, 1.165) is 11.8 Å². The molecule has 0 saturated heterocycles. The molecular weight excluding hydrogens is 406 g/mol. The van der Waals surface area contributed by atoms with E-state index >= 15 is 0 Å². The summed E-state index contributed by atoms with van der Waals surface area (Å²) in [7, 11) is 0. The zero-order chi connectivity index (χ0) is 22.5. The van der Waals surface area contributed by atoms with Crippen molar-refractivity contribution in [2.24, 2.45) is 0 Å². The van der Waals surface area contributed by atoms with Gasteiger partial charge < -0.3 is 10.1 Å². The standard InChI is InChI=1S/C20H21F4N3O3/c1-11-6-15(9-26-18(11)30-10-20(23,24)19(21)22)17(29)27-13(3)14-4-5-25-16(8-14)7-12(2)28/h4-6,8-9,13,19H,7,10H2,1-3H3,(H,27,29). The number of aryl methyl sites for hydroxylation is 1. The van der Waals surface area contributed by atoms with Crippen LogP contribution in [0.1, 0.15) is 47.1 Å². The van der Waals surface area contributed by atoms with E-state index in [2.05, 4.69) is 20.0 Å². The van der Waals surface area contributed by atoms with Gasteiger partial charge in [0.2, 0.25) is 5.88 Å². The summed E-state index contributed by atoms with van der Waals surface area (Å²) in [4.78, 5) is 31.6. The first-order chi connectivity index (χ1) is 14.0. The molecule has 0 bridgehead atoms. The van der Waals surface area contributed by atoms with Crippen molar-refractivity contribution in [3.8, 4) is 5.88 Å². The zero-order valence-corrected chi connectivity index (χ0v) is 16.6. The first-order valence-corrected chi connectivity index (χ1v) is 9.00. The molecule has 0 radical (unpaired) electrons. The summed E-state index contributed by atoms with van der Waals surface area (Å²) in [5.41, 5.74) is 1.72. The Morgan fingerprint density at radius 2 is 1.93 bits per heavy atom. The van der Waals surface area contributed by atoms with E-state index in [1.54, 1.807) is 25.3 Å². The predicted molar refractivity (Wildman–Crippen MR) is 99.9 cm³/mol. The van der Waals surface area contributed by atoms with Gasteiger partial charge in [0.05, 0.1) is 11.6 Å². The third-order valence-corrected chi connectivity index (χ3v) is 4.13. The average Bonchev–Trinajstić information content (AvgIpc) is 2.66. The van der Waals surface area contributed by atoms with Gasteiger partial charge in [-0.2, -0.15) is 8.78 Å². The minimum absolute atomic E-state index is 0.0356. The summed E-state index contributed by atoms with van der Waals surface area (Å²) in [5, 5.41) is 2.76. The molecule has 0 aliphatic heterocycles. The topological polar surface area (TPSA) is 81.2 Å². The van der Waals surface area contributed by atoms with Crippen molar-refractivity contribution in [2.75, 3.05) is 6.61 Å². The molecule has 6 nitrogen and oxygen atoms in total. The van der Waals surface area contributed by atoms with E-state index < -0.39 is 30.9 Å². The van der Waals surface area contributed by atoms with Crippen LogP contribution in [0.5, 0.6) is 5.88 Å². The number of halogens is 4. The Bertz CT molecular complexity index is 922. The fourth-order valence-corrected chi connectivity index (χ4v) is 2.55. The van der Waals surface area contributed by atoms with Crippen molar-refractivity contribution in [2.45, 2.75) is 45.6 Å². The van der Waals surface area contributed by atoms with Gasteiger partial charge in [0, 0.05) is 30.1 Å². The van der Waals surface area contributed by atoms with Crippen LogP contribution in [0, 0.1) is 6.92 Å². The molecule has 0 aliphatic carbocycles. The number of hydrogen-bond donors (Lipinski definition) is 1. The van der Waals surface area contributed by atoms with Crippen molar-refractivity contribution >= 4 is 11.7 Å². The largest absolute Gasteiger partial charge is 0.471 e. The lowest BCUT2D eigenvalue weighted by atomic mass is 10.1. The van der Waals surface area contributed by atoms with Gasteiger partial charge in [0.1, 0.15) is 5.78 Å². The van der Waals surface area contributed by atoms with Gasteiger partial charge in [-0.05, 0) is 44.5 Å². The van der Waals surface area contributed by atoms with Crippen LogP contribution < -0.4 is 10.1 Å². The molecule has 1 N–H and O–H groups in total. The summed E-state index contributed by atoms with van der Waals surface area (Å²) in [6.07, 6.45) is -1.01. The Hall–Kier alpha value is -3.04. The van der Waals surface area contributed by atoms with Gasteiger partial charge in [-0.25, -0.2) is 13.8 Å². The average molecular weight is 427 g/mol. The van der Waals surface area contributed by atoms with E-state index in [1.807, 2.05) is 0 Å². The summed E-state index contributed by atoms with van der Waals surface area (Å²) in [5.74, 6) is -5.08. The number of carbonyl (C=O) groups is 2. The number of aromatic nitrogens is 2. The van der Waals surface area contributed by atoms with Gasteiger partial charge >= 0.3 is 12.3 Å². The fraction of sp³-hybridized carbons (Fsp3) is 0.400. The lowest BCUT2D eigenvalue weighted by Crippen LogP contribution is -2.34. The molecule has 2 heterocycles. The van der Waals surface area contributed by atoms with Crippen LogP contribution in [-0.4, -0.2) is 40.6 Å². The molecule has 30 heavy (non-hydrogen) atoms. The first-order valence-electron chi connectivity index (χ1n) is 9.00. The molecule has 10 heteroatoms. The van der Waals surface area contributed by atoms with Crippen LogP contribution in [0.4, 0.5) is 17.6 Å². The Morgan fingerprint density at radius 3 is 2.53 bits per heavy atom. The van der Waals surface area contributed by atoms with Crippen LogP contribution in [0.25, 0.3) is 0 Å². The second kappa shape index (κ2) is 9.64. The molecule has 2 rings (SSSR count).